The average molecular weight is 631 g/mol. The lowest BCUT2D eigenvalue weighted by atomic mass is 9.78. The number of halogens is 1. The van der Waals surface area contributed by atoms with Gasteiger partial charge in [-0.1, -0.05) is 30.9 Å². The van der Waals surface area contributed by atoms with Crippen LogP contribution in [0.3, 0.4) is 0 Å². The summed E-state index contributed by atoms with van der Waals surface area (Å²) in [6.45, 7) is 5.30. The van der Waals surface area contributed by atoms with Crippen LogP contribution < -0.4 is 10.3 Å². The molecule has 4 aliphatic rings. The van der Waals surface area contributed by atoms with Crippen molar-refractivity contribution in [2.45, 2.75) is 44.9 Å². The van der Waals surface area contributed by atoms with Crippen LogP contribution in [0.25, 0.3) is 10.9 Å². The van der Waals surface area contributed by atoms with E-state index in [9.17, 15) is 34.5 Å². The number of thiocarbonyl (C=S) groups is 1. The summed E-state index contributed by atoms with van der Waals surface area (Å²) in [5.41, 5.74) is 0.364. The third kappa shape index (κ3) is 4.89. The first-order valence-electron chi connectivity index (χ1n) is 14.2. The van der Waals surface area contributed by atoms with E-state index in [2.05, 4.69) is 0 Å². The minimum absolute atomic E-state index is 0.0218. The number of hydrogen-bond donors (Lipinski definition) is 3. The number of carbonyl (C=O) groups is 3. The molecule has 14 heteroatoms. The maximum Gasteiger partial charge on any atom is 0.352 e. The number of carboxylic acids is 2. The van der Waals surface area contributed by atoms with Gasteiger partial charge in [-0.2, -0.15) is 0 Å². The summed E-state index contributed by atoms with van der Waals surface area (Å²) in [4.78, 5) is 54.2. The number of aliphatic carboxylic acids is 1. The van der Waals surface area contributed by atoms with Crippen LogP contribution in [0, 0.1) is 17.7 Å². The van der Waals surface area contributed by atoms with Crippen LogP contribution in [0.1, 0.15) is 43.1 Å². The number of anilines is 1. The maximum atomic E-state index is 15.3. The number of rotatable bonds is 7. The Labute approximate surface area is 255 Å². The molecular weight excluding hydrogens is 599 g/mol. The minimum atomic E-state index is -1.34. The Hall–Kier alpha value is -3.49. The third-order valence-corrected chi connectivity index (χ3v) is 10.6. The molecule has 0 radical (unpaired) electrons. The first kappa shape index (κ1) is 29.6. The van der Waals surface area contributed by atoms with Crippen molar-refractivity contribution in [3.05, 3.63) is 51.2 Å². The van der Waals surface area contributed by atoms with Gasteiger partial charge in [0.1, 0.15) is 21.4 Å². The fraction of sp³-hybridized carbons (Fsp3) is 0.483. The second-order valence-corrected chi connectivity index (χ2v) is 13.2. The van der Waals surface area contributed by atoms with Crippen molar-refractivity contribution < 1.29 is 34.1 Å². The van der Waals surface area contributed by atoms with E-state index in [0.29, 0.717) is 53.0 Å². The molecule has 3 N–H and O–H groups in total. The number of carboxylic acid groups (broad SMARTS) is 2. The molecule has 228 valence electrons. The predicted molar refractivity (Wildman–Crippen MR) is 162 cm³/mol. The number of pyridine rings is 1. The minimum Gasteiger partial charge on any atom is -0.477 e. The number of carbonyl (C=O) groups excluding carboxylic acids is 1. The SMILES string of the molecule is C[C@@H](O)[C@@H]1C(=O)N2C(C(=O)O)=C(CSC(=S)N3CCN(c4cc5c(cc4F)c(=O)c(C(=O)O)cn5C4CC4)CC3)[C@H](C)[C@H]12. The molecule has 1 aromatic heterocycles. The number of thioether (sulfide) groups is 1. The number of hydrogen-bond acceptors (Lipinski definition) is 8. The molecule has 2 aromatic rings. The number of fused-ring (bicyclic) bond motifs is 2. The molecule has 0 spiro atoms. The number of β-lactam (4-membered cyclic amide) rings is 1. The summed E-state index contributed by atoms with van der Waals surface area (Å²) < 4.78 is 17.7. The molecule has 2 saturated heterocycles. The van der Waals surface area contributed by atoms with E-state index in [1.807, 2.05) is 16.7 Å². The van der Waals surface area contributed by atoms with Gasteiger partial charge < -0.3 is 34.6 Å². The summed E-state index contributed by atoms with van der Waals surface area (Å²) in [7, 11) is 0. The molecule has 1 aliphatic carbocycles. The van der Waals surface area contributed by atoms with Gasteiger partial charge in [0, 0.05) is 55.5 Å². The van der Waals surface area contributed by atoms with E-state index in [0.717, 1.165) is 18.9 Å². The van der Waals surface area contributed by atoms with Crippen LogP contribution >= 0.6 is 24.0 Å². The van der Waals surface area contributed by atoms with E-state index < -0.39 is 35.2 Å². The molecule has 11 nitrogen and oxygen atoms in total. The van der Waals surface area contributed by atoms with Gasteiger partial charge in [-0.25, -0.2) is 14.0 Å². The summed E-state index contributed by atoms with van der Waals surface area (Å²) in [5, 5.41) is 29.4. The highest BCUT2D eigenvalue weighted by Crippen LogP contribution is 2.48. The van der Waals surface area contributed by atoms with Gasteiger partial charge in [0.15, 0.2) is 0 Å². The molecule has 1 amide bonds. The fourth-order valence-electron chi connectivity index (χ4n) is 6.60. The van der Waals surface area contributed by atoms with E-state index in [-0.39, 0.29) is 40.6 Å². The first-order chi connectivity index (χ1) is 20.4. The molecule has 3 aliphatic heterocycles. The van der Waals surface area contributed by atoms with Crippen molar-refractivity contribution in [3.63, 3.8) is 0 Å². The van der Waals surface area contributed by atoms with E-state index in [1.165, 1.54) is 22.9 Å². The Bertz CT molecular complexity index is 1660. The lowest BCUT2D eigenvalue weighted by Gasteiger charge is -2.46. The number of aliphatic hydroxyl groups is 1. The fourth-order valence-corrected chi connectivity index (χ4v) is 8.01. The summed E-state index contributed by atoms with van der Waals surface area (Å²) in [5.74, 6) is -4.04. The van der Waals surface area contributed by atoms with Gasteiger partial charge in [-0.3, -0.25) is 9.59 Å². The van der Waals surface area contributed by atoms with Crippen molar-refractivity contribution in [2.24, 2.45) is 11.8 Å². The van der Waals surface area contributed by atoms with E-state index >= 15 is 4.39 Å². The summed E-state index contributed by atoms with van der Waals surface area (Å²) in [6.07, 6.45) is 2.21. The Kier molecular flexibility index (Phi) is 7.50. The van der Waals surface area contributed by atoms with Gasteiger partial charge in [0.2, 0.25) is 11.3 Å². The average Bonchev–Trinajstić information content (AvgIpc) is 3.76. The molecule has 0 unspecified atom stereocenters. The van der Waals surface area contributed by atoms with Crippen LogP contribution in [0.2, 0.25) is 0 Å². The molecule has 4 atom stereocenters. The molecule has 4 heterocycles. The zero-order chi connectivity index (χ0) is 30.9. The van der Waals surface area contributed by atoms with Crippen molar-refractivity contribution in [1.82, 2.24) is 14.4 Å². The first-order valence-corrected chi connectivity index (χ1v) is 15.6. The topological polar surface area (TPSA) is 144 Å². The Morgan fingerprint density at radius 1 is 1.12 bits per heavy atom. The van der Waals surface area contributed by atoms with Gasteiger partial charge in [-0.05, 0) is 37.5 Å². The van der Waals surface area contributed by atoms with Gasteiger partial charge in [0.05, 0.1) is 29.3 Å². The molecule has 0 bridgehead atoms. The number of aromatic nitrogens is 1. The molecular formula is C29H31FN4O7S2. The molecule has 1 saturated carbocycles. The van der Waals surface area contributed by atoms with Crippen LogP contribution in [0.15, 0.2) is 34.4 Å². The summed E-state index contributed by atoms with van der Waals surface area (Å²) in [6, 6.07) is 2.46. The predicted octanol–water partition coefficient (Wildman–Crippen LogP) is 2.51. The zero-order valence-corrected chi connectivity index (χ0v) is 25.2. The van der Waals surface area contributed by atoms with E-state index in [4.69, 9.17) is 12.2 Å². The lowest BCUT2D eigenvalue weighted by molar-refractivity contribution is -0.163. The van der Waals surface area contributed by atoms with Crippen molar-refractivity contribution in [1.29, 1.82) is 0 Å². The van der Waals surface area contributed by atoms with E-state index in [1.54, 1.807) is 17.6 Å². The highest BCUT2D eigenvalue weighted by atomic mass is 32.2. The standard InChI is InChI=1S/C29H31FN4O7S2/c1-13-18(24(28(40)41)34-23(13)22(14(2)35)26(34)37)12-43-29(42)32-7-5-31(6-8-32)21-10-20-16(9-19(21)30)25(36)17(27(38)39)11-33(20)15-3-4-15/h9-11,13-15,22-23,35H,3-8,12H2,1-2H3,(H,38,39)(H,40,41)/t13-,14+,22-,23+/m0/s1. The molecule has 3 fully saturated rings. The highest BCUT2D eigenvalue weighted by Gasteiger charge is 2.59. The second-order valence-electron chi connectivity index (χ2n) is 11.6. The number of amides is 1. The van der Waals surface area contributed by atoms with Gasteiger partial charge in [-0.15, -0.1) is 0 Å². The van der Waals surface area contributed by atoms with Crippen molar-refractivity contribution in [2.75, 3.05) is 36.8 Å². The third-order valence-electron chi connectivity index (χ3n) is 9.02. The van der Waals surface area contributed by atoms with Crippen LogP contribution in [0.5, 0.6) is 0 Å². The highest BCUT2D eigenvalue weighted by molar-refractivity contribution is 8.23. The number of aromatic carboxylic acids is 1. The monoisotopic (exact) mass is 630 g/mol. The molecule has 1 aromatic carbocycles. The van der Waals surface area contributed by atoms with Crippen molar-refractivity contribution >= 4 is 62.7 Å². The van der Waals surface area contributed by atoms with Crippen molar-refractivity contribution in [3.8, 4) is 0 Å². The Morgan fingerprint density at radius 3 is 2.37 bits per heavy atom. The number of aliphatic hydroxyl groups excluding tert-OH is 1. The number of benzene rings is 1. The van der Waals surface area contributed by atoms with Crippen LogP contribution in [-0.4, -0.2) is 95.9 Å². The zero-order valence-electron chi connectivity index (χ0n) is 23.5. The molecule has 6 rings (SSSR count). The summed E-state index contributed by atoms with van der Waals surface area (Å²) >= 11 is 7.00. The number of piperazine rings is 1. The van der Waals surface area contributed by atoms with Gasteiger partial charge >= 0.3 is 11.9 Å². The van der Waals surface area contributed by atoms with Gasteiger partial charge in [0.25, 0.3) is 0 Å². The second kappa shape index (κ2) is 10.9. The smallest absolute Gasteiger partial charge is 0.352 e. The number of nitrogens with zero attached hydrogens (tertiary/aromatic N) is 4. The molecule has 43 heavy (non-hydrogen) atoms. The Morgan fingerprint density at radius 2 is 1.79 bits per heavy atom. The lowest BCUT2D eigenvalue weighted by Crippen LogP contribution is -2.63. The quantitative estimate of drug-likeness (QED) is 0.307. The Balaban J connectivity index is 1.15. The normalized spacial score (nSPS) is 24.3. The van der Waals surface area contributed by atoms with Crippen LogP contribution in [0.4, 0.5) is 10.1 Å². The largest absolute Gasteiger partial charge is 0.477 e. The maximum absolute atomic E-state index is 15.3. The van der Waals surface area contributed by atoms with Crippen LogP contribution in [-0.2, 0) is 9.59 Å².